The van der Waals surface area contributed by atoms with Gasteiger partial charge in [0.1, 0.15) is 5.82 Å². The number of esters is 1. The van der Waals surface area contributed by atoms with E-state index in [2.05, 4.69) is 4.74 Å². The molecule has 24 heavy (non-hydrogen) atoms. The maximum Gasteiger partial charge on any atom is 0.416 e. The lowest BCUT2D eigenvalue weighted by Crippen LogP contribution is -2.08. The van der Waals surface area contributed by atoms with Gasteiger partial charge in [-0.05, 0) is 42.0 Å². The average molecular weight is 342 g/mol. The molecular weight excluding hydrogens is 332 g/mol. The predicted molar refractivity (Wildman–Crippen MR) is 75.1 cm³/mol. The van der Waals surface area contributed by atoms with Crippen molar-refractivity contribution in [3.8, 4) is 11.1 Å². The molecule has 0 atom stereocenters. The fourth-order valence-corrected chi connectivity index (χ4v) is 2.06. The van der Waals surface area contributed by atoms with E-state index in [-0.39, 0.29) is 16.7 Å². The second-order valence-electron chi connectivity index (χ2n) is 4.79. The van der Waals surface area contributed by atoms with E-state index in [4.69, 9.17) is 5.11 Å². The number of carboxylic acid groups (broad SMARTS) is 1. The number of hydrogen-bond acceptors (Lipinski definition) is 3. The van der Waals surface area contributed by atoms with Gasteiger partial charge in [0.05, 0.1) is 23.8 Å². The third-order valence-corrected chi connectivity index (χ3v) is 3.21. The second-order valence-corrected chi connectivity index (χ2v) is 4.79. The Morgan fingerprint density at radius 3 is 2.25 bits per heavy atom. The lowest BCUT2D eigenvalue weighted by Gasteiger charge is -2.12. The van der Waals surface area contributed by atoms with Crippen LogP contribution in [-0.4, -0.2) is 24.2 Å². The quantitative estimate of drug-likeness (QED) is 0.676. The number of carbonyl (C=O) groups is 2. The molecule has 0 aliphatic carbocycles. The van der Waals surface area contributed by atoms with E-state index in [1.54, 1.807) is 0 Å². The zero-order valence-corrected chi connectivity index (χ0v) is 12.1. The molecule has 4 nitrogen and oxygen atoms in total. The number of hydrogen-bond donors (Lipinski definition) is 1. The van der Waals surface area contributed by atoms with Crippen LogP contribution < -0.4 is 0 Å². The first-order chi connectivity index (χ1) is 11.1. The van der Waals surface area contributed by atoms with Gasteiger partial charge in [-0.3, -0.25) is 0 Å². The molecular formula is C16H10F4O4. The number of rotatable bonds is 3. The summed E-state index contributed by atoms with van der Waals surface area (Å²) in [7, 11) is 1.10. The van der Waals surface area contributed by atoms with Crippen LogP contribution in [0.5, 0.6) is 0 Å². The summed E-state index contributed by atoms with van der Waals surface area (Å²) in [4.78, 5) is 22.5. The van der Waals surface area contributed by atoms with E-state index in [1.165, 1.54) is 0 Å². The summed E-state index contributed by atoms with van der Waals surface area (Å²) in [5.41, 5.74) is -2.62. The summed E-state index contributed by atoms with van der Waals surface area (Å²) < 4.78 is 57.3. The zero-order valence-electron chi connectivity index (χ0n) is 12.1. The molecule has 2 rings (SSSR count). The van der Waals surface area contributed by atoms with E-state index in [9.17, 15) is 27.2 Å². The molecule has 0 unspecified atom stereocenters. The standard InChI is InChI=1S/C16H10F4O4/c1-24-15(23)8-2-3-13(17)12(7-8)9-4-10(14(21)22)6-11(5-9)16(18,19)20/h2-7H,1H3,(H,21,22). The lowest BCUT2D eigenvalue weighted by molar-refractivity contribution is -0.137. The fourth-order valence-electron chi connectivity index (χ4n) is 2.06. The van der Waals surface area contributed by atoms with Crippen LogP contribution in [0, 0.1) is 5.82 Å². The number of methoxy groups -OCH3 is 1. The van der Waals surface area contributed by atoms with Crippen LogP contribution in [0.15, 0.2) is 36.4 Å². The van der Waals surface area contributed by atoms with Gasteiger partial charge in [0.25, 0.3) is 0 Å². The Labute approximate surface area is 133 Å². The molecule has 0 fully saturated rings. The van der Waals surface area contributed by atoms with Crippen molar-refractivity contribution in [2.75, 3.05) is 7.11 Å². The van der Waals surface area contributed by atoms with E-state index in [0.717, 1.165) is 31.4 Å². The Kier molecular flexibility index (Phi) is 4.59. The molecule has 0 saturated carbocycles. The summed E-state index contributed by atoms with van der Waals surface area (Å²) in [6.07, 6.45) is -4.81. The van der Waals surface area contributed by atoms with Crippen molar-refractivity contribution in [2.24, 2.45) is 0 Å². The van der Waals surface area contributed by atoms with Gasteiger partial charge in [0, 0.05) is 5.56 Å². The van der Waals surface area contributed by atoms with Gasteiger partial charge in [-0.1, -0.05) is 0 Å². The SMILES string of the molecule is COC(=O)c1ccc(F)c(-c2cc(C(=O)O)cc(C(F)(F)F)c2)c1. The minimum atomic E-state index is -4.81. The largest absolute Gasteiger partial charge is 0.478 e. The monoisotopic (exact) mass is 342 g/mol. The Bertz CT molecular complexity index is 812. The molecule has 0 spiro atoms. The Morgan fingerprint density at radius 1 is 1.04 bits per heavy atom. The van der Waals surface area contributed by atoms with Crippen molar-refractivity contribution in [3.63, 3.8) is 0 Å². The van der Waals surface area contributed by atoms with Crippen LogP contribution in [0.2, 0.25) is 0 Å². The Balaban J connectivity index is 2.69. The van der Waals surface area contributed by atoms with Crippen LogP contribution in [0.3, 0.4) is 0 Å². The fraction of sp³-hybridized carbons (Fsp3) is 0.125. The van der Waals surface area contributed by atoms with Crippen LogP contribution in [0.1, 0.15) is 26.3 Å². The first kappa shape index (κ1) is 17.5. The molecule has 0 bridgehead atoms. The van der Waals surface area contributed by atoms with Crippen LogP contribution in [0.25, 0.3) is 11.1 Å². The molecule has 126 valence electrons. The van der Waals surface area contributed by atoms with Crippen molar-refractivity contribution < 1.29 is 37.0 Å². The van der Waals surface area contributed by atoms with Crippen molar-refractivity contribution in [2.45, 2.75) is 6.18 Å². The van der Waals surface area contributed by atoms with Gasteiger partial charge in [-0.2, -0.15) is 13.2 Å². The highest BCUT2D eigenvalue weighted by atomic mass is 19.4. The Morgan fingerprint density at radius 2 is 1.71 bits per heavy atom. The minimum absolute atomic E-state index is 0.0804. The highest BCUT2D eigenvalue weighted by molar-refractivity contribution is 5.92. The summed E-state index contributed by atoms with van der Waals surface area (Å²) >= 11 is 0. The third-order valence-electron chi connectivity index (χ3n) is 3.21. The van der Waals surface area contributed by atoms with Crippen molar-refractivity contribution in [3.05, 3.63) is 58.9 Å². The summed E-state index contributed by atoms with van der Waals surface area (Å²) in [6.45, 7) is 0. The number of alkyl halides is 3. The summed E-state index contributed by atoms with van der Waals surface area (Å²) in [5, 5.41) is 8.96. The molecule has 2 aromatic rings. The molecule has 0 heterocycles. The highest BCUT2D eigenvalue weighted by Gasteiger charge is 2.32. The molecule has 0 radical (unpaired) electrons. The topological polar surface area (TPSA) is 63.6 Å². The minimum Gasteiger partial charge on any atom is -0.478 e. The normalized spacial score (nSPS) is 11.2. The molecule has 0 amide bonds. The van der Waals surface area contributed by atoms with E-state index >= 15 is 0 Å². The smallest absolute Gasteiger partial charge is 0.416 e. The number of benzene rings is 2. The van der Waals surface area contributed by atoms with Gasteiger partial charge in [-0.15, -0.1) is 0 Å². The lowest BCUT2D eigenvalue weighted by atomic mass is 9.97. The zero-order chi connectivity index (χ0) is 18.1. The number of carboxylic acids is 1. The first-order valence-electron chi connectivity index (χ1n) is 6.47. The Hall–Kier alpha value is -2.90. The molecule has 0 saturated heterocycles. The maximum absolute atomic E-state index is 14.0. The maximum atomic E-state index is 14.0. The molecule has 0 aliphatic heterocycles. The predicted octanol–water partition coefficient (Wildman–Crippen LogP) is 4.00. The van der Waals surface area contributed by atoms with Gasteiger partial charge < -0.3 is 9.84 Å². The van der Waals surface area contributed by atoms with Crippen molar-refractivity contribution in [1.82, 2.24) is 0 Å². The first-order valence-corrected chi connectivity index (χ1v) is 6.47. The highest BCUT2D eigenvalue weighted by Crippen LogP contribution is 2.34. The van der Waals surface area contributed by atoms with Crippen LogP contribution in [-0.2, 0) is 10.9 Å². The van der Waals surface area contributed by atoms with E-state index in [1.807, 2.05) is 0 Å². The summed E-state index contributed by atoms with van der Waals surface area (Å²) in [6, 6.07) is 4.97. The van der Waals surface area contributed by atoms with Gasteiger partial charge >= 0.3 is 18.1 Å². The number of carbonyl (C=O) groups excluding carboxylic acids is 1. The molecule has 0 aromatic heterocycles. The van der Waals surface area contributed by atoms with Crippen molar-refractivity contribution >= 4 is 11.9 Å². The van der Waals surface area contributed by atoms with Gasteiger partial charge in [-0.25, -0.2) is 14.0 Å². The molecule has 8 heteroatoms. The van der Waals surface area contributed by atoms with E-state index in [0.29, 0.717) is 12.1 Å². The van der Waals surface area contributed by atoms with E-state index < -0.39 is 35.1 Å². The average Bonchev–Trinajstić information content (AvgIpc) is 2.53. The third kappa shape index (κ3) is 3.53. The second kappa shape index (κ2) is 6.31. The van der Waals surface area contributed by atoms with Gasteiger partial charge in [0.15, 0.2) is 0 Å². The molecule has 2 aromatic carbocycles. The number of halogens is 4. The summed E-state index contributed by atoms with van der Waals surface area (Å²) in [5.74, 6) is -3.30. The van der Waals surface area contributed by atoms with Gasteiger partial charge in [0.2, 0.25) is 0 Å². The number of aromatic carboxylic acids is 1. The molecule has 0 aliphatic rings. The number of ether oxygens (including phenoxy) is 1. The van der Waals surface area contributed by atoms with Crippen LogP contribution in [0.4, 0.5) is 17.6 Å². The van der Waals surface area contributed by atoms with Crippen molar-refractivity contribution in [1.29, 1.82) is 0 Å². The van der Waals surface area contributed by atoms with Crippen LogP contribution >= 0.6 is 0 Å². The molecule has 1 N–H and O–H groups in total.